The zero-order valence-electron chi connectivity index (χ0n) is 10.1. The molecule has 94 valence electrons. The fourth-order valence-electron chi connectivity index (χ4n) is 2.02. The van der Waals surface area contributed by atoms with Crippen molar-refractivity contribution in [3.05, 3.63) is 28.2 Å². The van der Waals surface area contributed by atoms with Gasteiger partial charge >= 0.3 is 0 Å². The van der Waals surface area contributed by atoms with Crippen molar-refractivity contribution in [2.45, 2.75) is 13.0 Å². The van der Waals surface area contributed by atoms with E-state index in [1.807, 2.05) is 6.07 Å². The second-order valence-corrected chi connectivity index (χ2v) is 5.07. The number of hydrogen-bond acceptors (Lipinski definition) is 3. The summed E-state index contributed by atoms with van der Waals surface area (Å²) in [4.78, 5) is 2.43. The molecule has 3 nitrogen and oxygen atoms in total. The highest BCUT2D eigenvalue weighted by molar-refractivity contribution is 9.10. The van der Waals surface area contributed by atoms with Crippen LogP contribution in [0.3, 0.4) is 0 Å². The molecule has 0 aliphatic carbocycles. The summed E-state index contributed by atoms with van der Waals surface area (Å²) in [7, 11) is 1.69. The number of halogens is 1. The van der Waals surface area contributed by atoms with Gasteiger partial charge in [0.05, 0.1) is 18.2 Å². The maximum atomic E-state index is 5.45. The Labute approximate surface area is 111 Å². The van der Waals surface area contributed by atoms with Crippen LogP contribution in [0.1, 0.15) is 12.0 Å². The van der Waals surface area contributed by atoms with Gasteiger partial charge in [0.15, 0.2) is 0 Å². The molecular weight excluding hydrogens is 282 g/mol. The van der Waals surface area contributed by atoms with Crippen LogP contribution in [-0.4, -0.2) is 38.3 Å². The number of hydrogen-bond donors (Lipinski definition) is 0. The lowest BCUT2D eigenvalue weighted by atomic mass is 10.2. The minimum atomic E-state index is 0.845. The first-order chi connectivity index (χ1) is 8.29. The Bertz CT molecular complexity index is 362. The van der Waals surface area contributed by atoms with Crippen molar-refractivity contribution in [3.8, 4) is 5.75 Å². The first-order valence-corrected chi connectivity index (χ1v) is 6.71. The Morgan fingerprint density at radius 1 is 1.35 bits per heavy atom. The van der Waals surface area contributed by atoms with E-state index < -0.39 is 0 Å². The van der Waals surface area contributed by atoms with Crippen LogP contribution >= 0.6 is 15.9 Å². The van der Waals surface area contributed by atoms with Gasteiger partial charge < -0.3 is 9.47 Å². The van der Waals surface area contributed by atoms with Crippen LogP contribution in [0.5, 0.6) is 5.75 Å². The van der Waals surface area contributed by atoms with Gasteiger partial charge in [0, 0.05) is 26.2 Å². The number of ether oxygens (including phenoxy) is 2. The molecule has 0 N–H and O–H groups in total. The van der Waals surface area contributed by atoms with Crippen molar-refractivity contribution in [3.63, 3.8) is 0 Å². The summed E-state index contributed by atoms with van der Waals surface area (Å²) in [6.45, 7) is 4.85. The van der Waals surface area contributed by atoms with Gasteiger partial charge in [-0.05, 0) is 40.0 Å². The van der Waals surface area contributed by atoms with Crippen LogP contribution in [0.4, 0.5) is 0 Å². The molecule has 1 aromatic rings. The fraction of sp³-hybridized carbons (Fsp3) is 0.538. The average molecular weight is 300 g/mol. The maximum absolute atomic E-state index is 5.45. The molecule has 2 rings (SSSR count). The van der Waals surface area contributed by atoms with E-state index in [-0.39, 0.29) is 0 Å². The van der Waals surface area contributed by atoms with Crippen LogP contribution in [0.25, 0.3) is 0 Å². The molecule has 0 radical (unpaired) electrons. The topological polar surface area (TPSA) is 21.7 Å². The largest absolute Gasteiger partial charge is 0.496 e. The van der Waals surface area contributed by atoms with Gasteiger partial charge in [0.1, 0.15) is 5.75 Å². The molecule has 0 saturated carbocycles. The second-order valence-electron chi connectivity index (χ2n) is 4.21. The molecule has 1 heterocycles. The zero-order chi connectivity index (χ0) is 12.1. The monoisotopic (exact) mass is 299 g/mol. The van der Waals surface area contributed by atoms with Crippen LogP contribution in [0.15, 0.2) is 22.7 Å². The Hall–Kier alpha value is -0.580. The van der Waals surface area contributed by atoms with E-state index in [2.05, 4.69) is 33.0 Å². The molecule has 1 saturated heterocycles. The standard InChI is InChI=1S/C13H18BrNO2/c1-16-13-4-3-11(9-12(13)14)10-15-5-2-7-17-8-6-15/h3-4,9H,2,5-8,10H2,1H3. The van der Waals surface area contributed by atoms with E-state index in [1.165, 1.54) is 5.56 Å². The van der Waals surface area contributed by atoms with Gasteiger partial charge in [-0.1, -0.05) is 6.07 Å². The normalized spacial score (nSPS) is 17.8. The summed E-state index contributed by atoms with van der Waals surface area (Å²) in [5.41, 5.74) is 1.31. The highest BCUT2D eigenvalue weighted by Crippen LogP contribution is 2.26. The lowest BCUT2D eigenvalue weighted by Crippen LogP contribution is -2.25. The molecule has 1 aliphatic heterocycles. The summed E-state index contributed by atoms with van der Waals surface area (Å²) in [5, 5.41) is 0. The quantitative estimate of drug-likeness (QED) is 0.856. The number of nitrogens with zero attached hydrogens (tertiary/aromatic N) is 1. The van der Waals surface area contributed by atoms with Gasteiger partial charge in [-0.15, -0.1) is 0 Å². The molecule has 0 aromatic heterocycles. The van der Waals surface area contributed by atoms with E-state index in [4.69, 9.17) is 9.47 Å². The fourth-order valence-corrected chi connectivity index (χ4v) is 2.61. The van der Waals surface area contributed by atoms with Gasteiger partial charge in [0.2, 0.25) is 0 Å². The van der Waals surface area contributed by atoms with Crippen molar-refractivity contribution < 1.29 is 9.47 Å². The lowest BCUT2D eigenvalue weighted by Gasteiger charge is -2.19. The van der Waals surface area contributed by atoms with Gasteiger partial charge in [-0.25, -0.2) is 0 Å². The number of methoxy groups -OCH3 is 1. The predicted octanol–water partition coefficient (Wildman–Crippen LogP) is 2.68. The average Bonchev–Trinajstić information content (AvgIpc) is 2.58. The van der Waals surface area contributed by atoms with E-state index in [0.29, 0.717) is 0 Å². The Morgan fingerprint density at radius 2 is 2.24 bits per heavy atom. The van der Waals surface area contributed by atoms with Crippen molar-refractivity contribution in [1.29, 1.82) is 0 Å². The second kappa shape index (κ2) is 6.38. The molecule has 0 spiro atoms. The number of benzene rings is 1. The Morgan fingerprint density at radius 3 is 3.00 bits per heavy atom. The molecule has 0 unspecified atom stereocenters. The zero-order valence-corrected chi connectivity index (χ0v) is 11.7. The summed E-state index contributed by atoms with van der Waals surface area (Å²) < 4.78 is 11.7. The van der Waals surface area contributed by atoms with Gasteiger partial charge in [-0.2, -0.15) is 0 Å². The third-order valence-electron chi connectivity index (χ3n) is 2.94. The first kappa shape index (κ1) is 12.9. The van der Waals surface area contributed by atoms with Gasteiger partial charge in [-0.3, -0.25) is 4.90 Å². The minimum Gasteiger partial charge on any atom is -0.496 e. The van der Waals surface area contributed by atoms with Crippen LogP contribution in [0.2, 0.25) is 0 Å². The maximum Gasteiger partial charge on any atom is 0.133 e. The Kier molecular flexibility index (Phi) is 4.83. The van der Waals surface area contributed by atoms with Gasteiger partial charge in [0.25, 0.3) is 0 Å². The van der Waals surface area contributed by atoms with E-state index in [0.717, 1.165) is 49.5 Å². The van der Waals surface area contributed by atoms with Crippen LogP contribution in [0, 0.1) is 0 Å². The molecule has 17 heavy (non-hydrogen) atoms. The summed E-state index contributed by atoms with van der Waals surface area (Å²) >= 11 is 3.52. The molecule has 1 aliphatic rings. The van der Waals surface area contributed by atoms with E-state index >= 15 is 0 Å². The SMILES string of the molecule is COc1ccc(CN2CCCOCC2)cc1Br. The lowest BCUT2D eigenvalue weighted by molar-refractivity contribution is 0.140. The molecule has 4 heteroatoms. The van der Waals surface area contributed by atoms with Crippen LogP contribution in [-0.2, 0) is 11.3 Å². The molecule has 1 fully saturated rings. The third-order valence-corrected chi connectivity index (χ3v) is 3.56. The summed E-state index contributed by atoms with van der Waals surface area (Å²) in [6, 6.07) is 6.26. The molecule has 0 atom stereocenters. The van der Waals surface area contributed by atoms with Crippen LogP contribution < -0.4 is 4.74 Å². The minimum absolute atomic E-state index is 0.845. The third kappa shape index (κ3) is 3.69. The highest BCUT2D eigenvalue weighted by Gasteiger charge is 2.10. The molecule has 0 bridgehead atoms. The van der Waals surface area contributed by atoms with E-state index in [9.17, 15) is 0 Å². The molecule has 1 aromatic carbocycles. The molecule has 0 amide bonds. The summed E-state index contributed by atoms with van der Waals surface area (Å²) in [5.74, 6) is 0.882. The highest BCUT2D eigenvalue weighted by atomic mass is 79.9. The van der Waals surface area contributed by atoms with Crippen molar-refractivity contribution in [2.24, 2.45) is 0 Å². The van der Waals surface area contributed by atoms with Crippen molar-refractivity contribution >= 4 is 15.9 Å². The Balaban J connectivity index is 1.99. The van der Waals surface area contributed by atoms with E-state index in [1.54, 1.807) is 7.11 Å². The van der Waals surface area contributed by atoms with Crippen molar-refractivity contribution in [2.75, 3.05) is 33.4 Å². The van der Waals surface area contributed by atoms with Crippen molar-refractivity contribution in [1.82, 2.24) is 4.90 Å². The summed E-state index contributed by atoms with van der Waals surface area (Å²) in [6.07, 6.45) is 1.12. The molecular formula is C13H18BrNO2. The smallest absolute Gasteiger partial charge is 0.133 e. The predicted molar refractivity (Wildman–Crippen MR) is 71.4 cm³/mol. The number of rotatable bonds is 3. The first-order valence-electron chi connectivity index (χ1n) is 5.92.